The summed E-state index contributed by atoms with van der Waals surface area (Å²) >= 11 is 0. The van der Waals surface area contributed by atoms with Crippen molar-refractivity contribution in [3.8, 4) is 17.2 Å². The number of aryl methyl sites for hydroxylation is 1. The Morgan fingerprint density at radius 2 is 1.73 bits per heavy atom. The van der Waals surface area contributed by atoms with Gasteiger partial charge in [-0.1, -0.05) is 0 Å². The van der Waals surface area contributed by atoms with Crippen LogP contribution in [0.25, 0.3) is 6.08 Å². The molecule has 8 nitrogen and oxygen atoms in total. The molecular formula is C22H31N3O5. The summed E-state index contributed by atoms with van der Waals surface area (Å²) in [6, 6.07) is 3.49. The van der Waals surface area contributed by atoms with Crippen molar-refractivity contribution in [3.63, 3.8) is 0 Å². The summed E-state index contributed by atoms with van der Waals surface area (Å²) in [7, 11) is 6.37. The van der Waals surface area contributed by atoms with Crippen molar-refractivity contribution in [2.45, 2.75) is 39.3 Å². The molecule has 0 aliphatic carbocycles. The van der Waals surface area contributed by atoms with Gasteiger partial charge >= 0.3 is 0 Å². The molecule has 2 aromatic rings. The molecule has 0 saturated heterocycles. The van der Waals surface area contributed by atoms with Gasteiger partial charge in [0.2, 0.25) is 0 Å². The second kappa shape index (κ2) is 10.2. The molecule has 1 aromatic carbocycles. The first-order valence-corrected chi connectivity index (χ1v) is 9.60. The Balaban J connectivity index is 2.12. The van der Waals surface area contributed by atoms with E-state index in [9.17, 15) is 4.79 Å². The van der Waals surface area contributed by atoms with Crippen molar-refractivity contribution in [1.82, 2.24) is 9.78 Å². The molecule has 1 aromatic heterocycles. The molecule has 30 heavy (non-hydrogen) atoms. The second-order valence-corrected chi connectivity index (χ2v) is 7.44. The van der Waals surface area contributed by atoms with Crippen LogP contribution in [0.1, 0.15) is 32.8 Å². The van der Waals surface area contributed by atoms with E-state index in [2.05, 4.69) is 10.4 Å². The summed E-state index contributed by atoms with van der Waals surface area (Å²) in [6.07, 6.45) is 5.97. The van der Waals surface area contributed by atoms with Gasteiger partial charge in [0, 0.05) is 37.1 Å². The van der Waals surface area contributed by atoms with E-state index in [1.807, 2.05) is 13.8 Å². The zero-order valence-corrected chi connectivity index (χ0v) is 18.7. The van der Waals surface area contributed by atoms with Gasteiger partial charge in [0.25, 0.3) is 5.91 Å². The van der Waals surface area contributed by atoms with E-state index >= 15 is 0 Å². The number of aromatic nitrogens is 2. The minimum atomic E-state index is -0.233. The fourth-order valence-electron chi connectivity index (χ4n) is 2.73. The fraction of sp³-hybridized carbons (Fsp3) is 0.455. The van der Waals surface area contributed by atoms with Crippen LogP contribution in [0.2, 0.25) is 0 Å². The first-order valence-electron chi connectivity index (χ1n) is 9.60. The van der Waals surface area contributed by atoms with Crippen LogP contribution in [-0.4, -0.2) is 49.7 Å². The predicted molar refractivity (Wildman–Crippen MR) is 116 cm³/mol. The SMILES string of the molecule is COc1cc(OC)c(OC)cc1C=C(C)C(=O)Nc1cnn(CCC(C)(C)OC)c1. The highest BCUT2D eigenvalue weighted by atomic mass is 16.5. The summed E-state index contributed by atoms with van der Waals surface area (Å²) < 4.78 is 23.3. The summed E-state index contributed by atoms with van der Waals surface area (Å²) in [4.78, 5) is 12.6. The van der Waals surface area contributed by atoms with E-state index in [1.165, 1.54) is 0 Å². The zero-order chi connectivity index (χ0) is 22.3. The minimum Gasteiger partial charge on any atom is -0.496 e. The summed E-state index contributed by atoms with van der Waals surface area (Å²) in [5.74, 6) is 1.45. The molecule has 1 amide bonds. The van der Waals surface area contributed by atoms with Crippen LogP contribution in [0.15, 0.2) is 30.1 Å². The molecule has 0 aliphatic heterocycles. The predicted octanol–water partition coefficient (Wildman–Crippen LogP) is 3.77. The molecular weight excluding hydrogens is 386 g/mol. The number of anilines is 1. The van der Waals surface area contributed by atoms with Crippen molar-refractivity contribution in [1.29, 1.82) is 0 Å². The maximum atomic E-state index is 12.6. The Morgan fingerprint density at radius 3 is 2.33 bits per heavy atom. The number of methoxy groups -OCH3 is 4. The van der Waals surface area contributed by atoms with Gasteiger partial charge in [-0.2, -0.15) is 5.10 Å². The quantitative estimate of drug-likeness (QED) is 0.593. The molecule has 0 radical (unpaired) electrons. The Labute approximate surface area is 177 Å². The van der Waals surface area contributed by atoms with E-state index in [-0.39, 0.29) is 11.5 Å². The molecule has 0 saturated carbocycles. The highest BCUT2D eigenvalue weighted by Gasteiger charge is 2.17. The number of amides is 1. The van der Waals surface area contributed by atoms with Crippen molar-refractivity contribution in [3.05, 3.63) is 35.7 Å². The second-order valence-electron chi connectivity index (χ2n) is 7.44. The molecule has 0 atom stereocenters. The first kappa shape index (κ1) is 23.3. The van der Waals surface area contributed by atoms with Crippen molar-refractivity contribution in [2.75, 3.05) is 33.8 Å². The van der Waals surface area contributed by atoms with E-state index in [1.54, 1.807) is 70.6 Å². The van der Waals surface area contributed by atoms with Crippen LogP contribution in [0.5, 0.6) is 17.2 Å². The van der Waals surface area contributed by atoms with E-state index in [0.29, 0.717) is 40.6 Å². The normalized spacial score (nSPS) is 11.9. The average molecular weight is 418 g/mol. The molecule has 0 bridgehead atoms. The Morgan fingerprint density at radius 1 is 1.10 bits per heavy atom. The Bertz CT molecular complexity index is 902. The molecule has 0 unspecified atom stereocenters. The molecule has 164 valence electrons. The molecule has 2 rings (SSSR count). The Hall–Kier alpha value is -3.00. The molecule has 0 spiro atoms. The van der Waals surface area contributed by atoms with Crippen LogP contribution >= 0.6 is 0 Å². The first-order chi connectivity index (χ1) is 14.2. The monoisotopic (exact) mass is 417 g/mol. The number of ether oxygens (including phenoxy) is 4. The molecule has 8 heteroatoms. The smallest absolute Gasteiger partial charge is 0.251 e. The van der Waals surface area contributed by atoms with E-state index < -0.39 is 0 Å². The third kappa shape index (κ3) is 6.00. The summed E-state index contributed by atoms with van der Waals surface area (Å²) in [6.45, 7) is 6.47. The maximum Gasteiger partial charge on any atom is 0.251 e. The van der Waals surface area contributed by atoms with Crippen LogP contribution < -0.4 is 19.5 Å². The molecule has 0 aliphatic rings. The van der Waals surface area contributed by atoms with Gasteiger partial charge in [-0.15, -0.1) is 0 Å². The van der Waals surface area contributed by atoms with E-state index in [0.717, 1.165) is 6.42 Å². The standard InChI is InChI=1S/C22H31N3O5/c1-15(10-16-11-19(28-5)20(29-6)12-18(16)27-4)21(26)24-17-13-23-25(14-17)9-8-22(2,3)30-7/h10-14H,8-9H2,1-7H3,(H,24,26). The van der Waals surface area contributed by atoms with Gasteiger partial charge < -0.3 is 24.3 Å². The minimum absolute atomic E-state index is 0.229. The van der Waals surface area contributed by atoms with Crippen LogP contribution in [0.3, 0.4) is 0 Å². The van der Waals surface area contributed by atoms with Gasteiger partial charge in [-0.25, -0.2) is 0 Å². The molecule has 1 heterocycles. The number of hydrogen-bond acceptors (Lipinski definition) is 6. The van der Waals surface area contributed by atoms with Crippen LogP contribution in [-0.2, 0) is 16.1 Å². The van der Waals surface area contributed by atoms with Gasteiger partial charge in [0.1, 0.15) is 5.75 Å². The van der Waals surface area contributed by atoms with Crippen molar-refractivity contribution in [2.24, 2.45) is 0 Å². The van der Waals surface area contributed by atoms with Crippen molar-refractivity contribution >= 4 is 17.7 Å². The summed E-state index contributed by atoms with van der Waals surface area (Å²) in [5.41, 5.74) is 1.61. The molecule has 1 N–H and O–H groups in total. The van der Waals surface area contributed by atoms with Gasteiger partial charge in [-0.05, 0) is 39.3 Å². The highest BCUT2D eigenvalue weighted by molar-refractivity contribution is 6.06. The number of carbonyl (C=O) groups excluding carboxylic acids is 1. The van der Waals surface area contributed by atoms with Crippen LogP contribution in [0.4, 0.5) is 5.69 Å². The van der Waals surface area contributed by atoms with Crippen molar-refractivity contribution < 1.29 is 23.7 Å². The number of rotatable bonds is 10. The van der Waals surface area contributed by atoms with Gasteiger partial charge in [-0.3, -0.25) is 9.48 Å². The lowest BCUT2D eigenvalue weighted by Gasteiger charge is -2.22. The lowest BCUT2D eigenvalue weighted by molar-refractivity contribution is -0.112. The lowest BCUT2D eigenvalue weighted by Crippen LogP contribution is -2.24. The average Bonchev–Trinajstić information content (AvgIpc) is 3.19. The topological polar surface area (TPSA) is 83.8 Å². The highest BCUT2D eigenvalue weighted by Crippen LogP contribution is 2.35. The zero-order valence-electron chi connectivity index (χ0n) is 18.7. The van der Waals surface area contributed by atoms with Gasteiger partial charge in [0.05, 0.1) is 38.8 Å². The van der Waals surface area contributed by atoms with Gasteiger partial charge in [0.15, 0.2) is 11.5 Å². The third-order valence-corrected chi connectivity index (χ3v) is 4.85. The van der Waals surface area contributed by atoms with E-state index in [4.69, 9.17) is 18.9 Å². The molecule has 0 fully saturated rings. The number of nitrogens with one attached hydrogen (secondary N) is 1. The summed E-state index contributed by atoms with van der Waals surface area (Å²) in [5, 5.41) is 7.16. The lowest BCUT2D eigenvalue weighted by atomic mass is 10.1. The third-order valence-electron chi connectivity index (χ3n) is 4.85. The maximum absolute atomic E-state index is 12.6. The largest absolute Gasteiger partial charge is 0.496 e. The number of nitrogens with zero attached hydrogens (tertiary/aromatic N) is 2. The number of benzene rings is 1. The van der Waals surface area contributed by atoms with Crippen LogP contribution in [0, 0.1) is 0 Å². The number of carbonyl (C=O) groups is 1. The fourth-order valence-corrected chi connectivity index (χ4v) is 2.73. The number of hydrogen-bond donors (Lipinski definition) is 1. The Kier molecular flexibility index (Phi) is 7.88.